The van der Waals surface area contributed by atoms with Gasteiger partial charge in [-0.2, -0.15) is 0 Å². The number of hydrogen-bond donors (Lipinski definition) is 1. The monoisotopic (exact) mass is 528 g/mol. The Morgan fingerprint density at radius 1 is 0.868 bits per heavy atom. The van der Waals surface area contributed by atoms with E-state index in [0.29, 0.717) is 23.7 Å². The molecule has 196 valence electrons. The molecule has 0 aromatic heterocycles. The minimum absolute atomic E-state index is 0.192. The van der Waals surface area contributed by atoms with Gasteiger partial charge in [0.05, 0.1) is 0 Å². The molecule has 2 amide bonds. The van der Waals surface area contributed by atoms with Crippen LogP contribution in [-0.4, -0.2) is 35.9 Å². The quantitative estimate of drug-likeness (QED) is 0.249. The van der Waals surface area contributed by atoms with E-state index in [-0.39, 0.29) is 30.9 Å². The Balaban J connectivity index is 1.64. The van der Waals surface area contributed by atoms with Crippen LogP contribution in [0.3, 0.4) is 0 Å². The minimum atomic E-state index is -0.723. The highest BCUT2D eigenvalue weighted by atomic mass is 35.5. The average Bonchev–Trinajstić information content (AvgIpc) is 2.93. The highest BCUT2D eigenvalue weighted by Gasteiger charge is 2.31. The predicted octanol–water partition coefficient (Wildman–Crippen LogP) is 6.28. The largest absolute Gasteiger partial charge is 0.483 e. The average molecular weight is 529 g/mol. The van der Waals surface area contributed by atoms with Crippen LogP contribution in [0.25, 0.3) is 10.8 Å². The summed E-state index contributed by atoms with van der Waals surface area (Å²) in [6.45, 7) is 4.64. The molecule has 4 aromatic rings. The number of fused-ring (bicyclic) bond motifs is 1. The Kier molecular flexibility index (Phi) is 9.39. The molecular weight excluding hydrogens is 496 g/mol. The van der Waals surface area contributed by atoms with Crippen molar-refractivity contribution < 1.29 is 14.3 Å². The molecule has 6 heteroatoms. The Hall–Kier alpha value is -3.83. The fourth-order valence-corrected chi connectivity index (χ4v) is 4.57. The number of benzene rings is 4. The van der Waals surface area contributed by atoms with Crippen molar-refractivity contribution in [3.8, 4) is 5.75 Å². The van der Waals surface area contributed by atoms with E-state index in [4.69, 9.17) is 16.3 Å². The number of rotatable bonds is 11. The van der Waals surface area contributed by atoms with E-state index in [1.807, 2.05) is 105 Å². The van der Waals surface area contributed by atoms with Crippen molar-refractivity contribution in [2.75, 3.05) is 13.2 Å². The second-order valence-corrected chi connectivity index (χ2v) is 10.2. The van der Waals surface area contributed by atoms with Crippen molar-refractivity contribution in [1.29, 1.82) is 0 Å². The lowest BCUT2D eigenvalue weighted by molar-refractivity contribution is -0.142. The van der Waals surface area contributed by atoms with Gasteiger partial charge in [0.1, 0.15) is 11.8 Å². The lowest BCUT2D eigenvalue weighted by Gasteiger charge is -2.32. The van der Waals surface area contributed by atoms with E-state index in [0.717, 1.165) is 21.9 Å². The van der Waals surface area contributed by atoms with Gasteiger partial charge in [-0.25, -0.2) is 0 Å². The summed E-state index contributed by atoms with van der Waals surface area (Å²) in [6.07, 6.45) is 0.380. The van der Waals surface area contributed by atoms with Crippen molar-refractivity contribution >= 4 is 34.2 Å². The molecule has 0 heterocycles. The lowest BCUT2D eigenvalue weighted by atomic mass is 10.0. The molecule has 5 nitrogen and oxygen atoms in total. The first-order chi connectivity index (χ1) is 18.4. The molecule has 0 aliphatic carbocycles. The van der Waals surface area contributed by atoms with Gasteiger partial charge in [0, 0.05) is 29.9 Å². The van der Waals surface area contributed by atoms with Crippen LogP contribution in [-0.2, 0) is 22.6 Å². The van der Waals surface area contributed by atoms with E-state index >= 15 is 0 Å². The summed E-state index contributed by atoms with van der Waals surface area (Å²) in [5.41, 5.74) is 1.81. The van der Waals surface area contributed by atoms with Crippen LogP contribution >= 0.6 is 11.6 Å². The normalized spacial score (nSPS) is 11.8. The first kappa shape index (κ1) is 27.2. The van der Waals surface area contributed by atoms with Gasteiger partial charge in [-0.15, -0.1) is 0 Å². The smallest absolute Gasteiger partial charge is 0.261 e. The summed E-state index contributed by atoms with van der Waals surface area (Å²) in [5, 5.41) is 5.57. The summed E-state index contributed by atoms with van der Waals surface area (Å²) in [5.74, 6) is 0.438. The first-order valence-electron chi connectivity index (χ1n) is 12.9. The maximum absolute atomic E-state index is 13.8. The van der Waals surface area contributed by atoms with Gasteiger partial charge in [0.25, 0.3) is 5.91 Å². The Bertz CT molecular complexity index is 1370. The summed E-state index contributed by atoms with van der Waals surface area (Å²) >= 11 is 6.25. The van der Waals surface area contributed by atoms with Gasteiger partial charge in [-0.3, -0.25) is 9.59 Å². The van der Waals surface area contributed by atoms with Crippen LogP contribution in [0.5, 0.6) is 5.75 Å². The molecule has 0 fully saturated rings. The van der Waals surface area contributed by atoms with E-state index < -0.39 is 6.04 Å². The van der Waals surface area contributed by atoms with Gasteiger partial charge in [0.2, 0.25) is 5.91 Å². The number of amides is 2. The number of carbonyl (C=O) groups excluding carboxylic acids is 2. The fraction of sp³-hybridized carbons (Fsp3) is 0.250. The van der Waals surface area contributed by atoms with E-state index in [2.05, 4.69) is 5.32 Å². The summed E-state index contributed by atoms with van der Waals surface area (Å²) in [7, 11) is 0. The van der Waals surface area contributed by atoms with Crippen LogP contribution in [0.15, 0.2) is 97.1 Å². The van der Waals surface area contributed by atoms with Crippen LogP contribution in [0.4, 0.5) is 0 Å². The van der Waals surface area contributed by atoms with Crippen LogP contribution in [0.1, 0.15) is 25.0 Å². The minimum Gasteiger partial charge on any atom is -0.483 e. The zero-order valence-electron chi connectivity index (χ0n) is 21.8. The number of hydrogen-bond acceptors (Lipinski definition) is 3. The van der Waals surface area contributed by atoms with Crippen LogP contribution < -0.4 is 10.1 Å². The third-order valence-electron chi connectivity index (χ3n) is 6.30. The SMILES string of the molecule is CC(C)CNC(=O)C(Cc1ccccc1)N(Cc1cccc(Cl)c1)C(=O)COc1cccc2ccccc12. The number of nitrogens with zero attached hydrogens (tertiary/aromatic N) is 1. The van der Waals surface area contributed by atoms with E-state index in [1.165, 1.54) is 0 Å². The molecule has 4 rings (SSSR count). The molecule has 0 aliphatic heterocycles. The highest BCUT2D eigenvalue weighted by Crippen LogP contribution is 2.25. The number of ether oxygens (including phenoxy) is 1. The molecular formula is C32H33ClN2O3. The standard InChI is InChI=1S/C32H33ClN2O3/c1-23(2)20-34-32(37)29(19-24-10-4-3-5-11-24)35(21-25-12-8-15-27(33)18-25)31(36)22-38-30-17-9-14-26-13-6-7-16-28(26)30/h3-18,23,29H,19-22H2,1-2H3,(H,34,37). The summed E-state index contributed by atoms with van der Waals surface area (Å²) < 4.78 is 6.05. The molecule has 0 aliphatic rings. The van der Waals surface area contributed by atoms with Crippen LogP contribution in [0.2, 0.25) is 5.02 Å². The topological polar surface area (TPSA) is 58.6 Å². The van der Waals surface area contributed by atoms with Crippen molar-refractivity contribution in [2.24, 2.45) is 5.92 Å². The maximum Gasteiger partial charge on any atom is 0.261 e. The molecule has 1 atom stereocenters. The molecule has 38 heavy (non-hydrogen) atoms. The van der Waals surface area contributed by atoms with Gasteiger partial charge in [0.15, 0.2) is 6.61 Å². The number of halogens is 1. The second-order valence-electron chi connectivity index (χ2n) is 9.76. The second kappa shape index (κ2) is 13.1. The summed E-state index contributed by atoms with van der Waals surface area (Å²) in [6, 6.07) is 30.0. The zero-order chi connectivity index (χ0) is 26.9. The Labute approximate surface area is 229 Å². The van der Waals surface area contributed by atoms with Crippen LogP contribution in [0, 0.1) is 5.92 Å². The fourth-order valence-electron chi connectivity index (χ4n) is 4.35. The van der Waals surface area contributed by atoms with Crippen molar-refractivity contribution in [2.45, 2.75) is 32.9 Å². The van der Waals surface area contributed by atoms with Gasteiger partial charge in [-0.05, 0) is 40.6 Å². The molecule has 0 radical (unpaired) electrons. The van der Waals surface area contributed by atoms with Gasteiger partial charge < -0.3 is 15.0 Å². The van der Waals surface area contributed by atoms with E-state index in [1.54, 1.807) is 11.0 Å². The number of nitrogens with one attached hydrogen (secondary N) is 1. The highest BCUT2D eigenvalue weighted by molar-refractivity contribution is 6.30. The van der Waals surface area contributed by atoms with Crippen molar-refractivity contribution in [3.63, 3.8) is 0 Å². The molecule has 0 saturated heterocycles. The first-order valence-corrected chi connectivity index (χ1v) is 13.2. The summed E-state index contributed by atoms with van der Waals surface area (Å²) in [4.78, 5) is 28.9. The number of carbonyl (C=O) groups is 2. The van der Waals surface area contributed by atoms with Gasteiger partial charge >= 0.3 is 0 Å². The maximum atomic E-state index is 13.8. The van der Waals surface area contributed by atoms with Crippen molar-refractivity contribution in [3.05, 3.63) is 113 Å². The predicted molar refractivity (Wildman–Crippen MR) is 153 cm³/mol. The van der Waals surface area contributed by atoms with Crippen molar-refractivity contribution in [1.82, 2.24) is 10.2 Å². The van der Waals surface area contributed by atoms with E-state index in [9.17, 15) is 9.59 Å². The molecule has 0 spiro atoms. The molecule has 0 bridgehead atoms. The molecule has 1 N–H and O–H groups in total. The lowest BCUT2D eigenvalue weighted by Crippen LogP contribution is -2.52. The molecule has 0 saturated carbocycles. The third-order valence-corrected chi connectivity index (χ3v) is 6.53. The zero-order valence-corrected chi connectivity index (χ0v) is 22.5. The third kappa shape index (κ3) is 7.36. The Morgan fingerprint density at radius 3 is 2.32 bits per heavy atom. The van der Waals surface area contributed by atoms with Gasteiger partial charge in [-0.1, -0.05) is 104 Å². The Morgan fingerprint density at radius 2 is 1.55 bits per heavy atom. The molecule has 1 unspecified atom stereocenters. The molecule has 4 aromatic carbocycles.